The van der Waals surface area contributed by atoms with E-state index in [1.807, 2.05) is 47.1 Å². The number of carboxylic acid groups (broad SMARTS) is 1. The van der Waals surface area contributed by atoms with Gasteiger partial charge >= 0.3 is 0 Å². The Hall–Kier alpha value is -4.51. The number of rotatable bonds is 6. The summed E-state index contributed by atoms with van der Waals surface area (Å²) in [6.07, 6.45) is 4.34. The first kappa shape index (κ1) is 27.5. The van der Waals surface area contributed by atoms with Gasteiger partial charge in [0.05, 0.1) is 24.2 Å². The molecule has 2 aromatic carbocycles. The van der Waals surface area contributed by atoms with Gasteiger partial charge in [0.25, 0.3) is 11.9 Å². The van der Waals surface area contributed by atoms with Crippen molar-refractivity contribution in [2.24, 2.45) is 0 Å². The number of aromatic nitrogens is 4. The van der Waals surface area contributed by atoms with E-state index in [2.05, 4.69) is 27.5 Å². The van der Waals surface area contributed by atoms with Gasteiger partial charge in [-0.25, -0.2) is 14.6 Å². The minimum absolute atomic E-state index is 0.197. The van der Waals surface area contributed by atoms with Gasteiger partial charge in [-0.1, -0.05) is 25.1 Å². The predicted octanol–water partition coefficient (Wildman–Crippen LogP) is 3.91. The molecule has 0 unspecified atom stereocenters. The number of aliphatic carboxylic acids is 1. The number of nitrogens with two attached hydrogens (primary N) is 1. The van der Waals surface area contributed by atoms with Crippen molar-refractivity contribution in [3.8, 4) is 17.0 Å². The van der Waals surface area contributed by atoms with Crippen molar-refractivity contribution < 1.29 is 19.4 Å². The molecule has 0 bridgehead atoms. The molecule has 11 heteroatoms. The van der Waals surface area contributed by atoms with E-state index in [-0.39, 0.29) is 11.9 Å². The summed E-state index contributed by atoms with van der Waals surface area (Å²) in [5.41, 5.74) is 10.9. The summed E-state index contributed by atoms with van der Waals surface area (Å²) in [6.45, 7) is 5.04. The molecular formula is C28H33N7O4. The number of aryl methyl sites for hydroxylation is 1. The topological polar surface area (TPSA) is 157 Å². The summed E-state index contributed by atoms with van der Waals surface area (Å²) in [6, 6.07) is 13.4. The van der Waals surface area contributed by atoms with E-state index in [1.54, 1.807) is 7.11 Å². The molecule has 1 aliphatic heterocycles. The highest BCUT2D eigenvalue weighted by Crippen LogP contribution is 2.37. The van der Waals surface area contributed by atoms with Crippen LogP contribution in [0, 0.1) is 0 Å². The maximum atomic E-state index is 12.8. The molecule has 204 valence electrons. The van der Waals surface area contributed by atoms with Crippen molar-refractivity contribution in [3.63, 3.8) is 0 Å². The first-order chi connectivity index (χ1) is 18.8. The van der Waals surface area contributed by atoms with E-state index in [9.17, 15) is 4.79 Å². The molecule has 0 aliphatic carbocycles. The van der Waals surface area contributed by atoms with E-state index in [1.165, 1.54) is 11.9 Å². The summed E-state index contributed by atoms with van der Waals surface area (Å²) in [5, 5.41) is 19.4. The molecule has 5 N–H and O–H groups in total. The molecule has 1 amide bonds. The van der Waals surface area contributed by atoms with Crippen molar-refractivity contribution in [2.45, 2.75) is 39.2 Å². The number of carbonyl (C=O) groups is 2. The molecule has 1 saturated heterocycles. The fraction of sp³-hybridized carbons (Fsp3) is 0.321. The Kier molecular flexibility index (Phi) is 8.72. The molecule has 1 fully saturated rings. The number of carbonyl (C=O) groups excluding carboxylic acids is 1. The second-order valence-corrected chi connectivity index (χ2v) is 9.17. The largest absolute Gasteiger partial charge is 0.495 e. The summed E-state index contributed by atoms with van der Waals surface area (Å²) < 4.78 is 7.60. The molecule has 1 aliphatic rings. The van der Waals surface area contributed by atoms with E-state index < -0.39 is 5.97 Å². The first-order valence-electron chi connectivity index (χ1n) is 12.8. The van der Waals surface area contributed by atoms with Crippen LogP contribution in [-0.2, 0) is 11.2 Å². The fourth-order valence-electron chi connectivity index (χ4n) is 4.53. The Bertz CT molecular complexity index is 1460. The van der Waals surface area contributed by atoms with Gasteiger partial charge in [0.15, 0.2) is 5.65 Å². The number of ether oxygens (including phenoxy) is 1. The number of nitrogen functional groups attached to an aromatic ring is 1. The fourth-order valence-corrected chi connectivity index (χ4v) is 4.53. The number of methoxy groups -OCH3 is 1. The van der Waals surface area contributed by atoms with Gasteiger partial charge in [-0.05, 0) is 62.2 Å². The molecule has 0 spiro atoms. The molecule has 3 heterocycles. The summed E-state index contributed by atoms with van der Waals surface area (Å²) >= 11 is 0. The van der Waals surface area contributed by atoms with E-state index in [4.69, 9.17) is 25.5 Å². The quantitative estimate of drug-likeness (QED) is 0.289. The third kappa shape index (κ3) is 6.32. The highest BCUT2D eigenvalue weighted by Gasteiger charge is 2.24. The Labute approximate surface area is 226 Å². The smallest absolute Gasteiger partial charge is 0.300 e. The van der Waals surface area contributed by atoms with E-state index in [0.29, 0.717) is 28.5 Å². The zero-order valence-corrected chi connectivity index (χ0v) is 22.3. The SMILES string of the molecule is CC(=O)O.CCc1ccc(C(=O)Nc2ccc(-c3nn(C4CCNCC4)c4ncnc(N)c34)cc2OC)cc1. The Morgan fingerprint density at radius 2 is 1.85 bits per heavy atom. The van der Waals surface area contributed by atoms with Crippen molar-refractivity contribution in [1.29, 1.82) is 0 Å². The molecule has 11 nitrogen and oxygen atoms in total. The molecule has 0 atom stereocenters. The summed E-state index contributed by atoms with van der Waals surface area (Å²) in [7, 11) is 1.58. The molecule has 2 aromatic heterocycles. The van der Waals surface area contributed by atoms with Crippen molar-refractivity contribution in [1.82, 2.24) is 25.1 Å². The molecule has 5 rings (SSSR count). The number of fused-ring (bicyclic) bond motifs is 1. The summed E-state index contributed by atoms with van der Waals surface area (Å²) in [4.78, 5) is 30.5. The van der Waals surface area contributed by atoms with Gasteiger partial charge in [-0.15, -0.1) is 0 Å². The Morgan fingerprint density at radius 3 is 2.49 bits per heavy atom. The van der Waals surface area contributed by atoms with Crippen LogP contribution in [0.25, 0.3) is 22.3 Å². The van der Waals surface area contributed by atoms with Crippen molar-refractivity contribution >= 4 is 34.4 Å². The lowest BCUT2D eigenvalue weighted by Crippen LogP contribution is -2.30. The Balaban J connectivity index is 0.000000826. The van der Waals surface area contributed by atoms with Gasteiger partial charge in [0.1, 0.15) is 23.6 Å². The minimum atomic E-state index is -0.833. The minimum Gasteiger partial charge on any atom is -0.495 e. The van der Waals surface area contributed by atoms with Crippen LogP contribution in [0.3, 0.4) is 0 Å². The molecule has 4 aromatic rings. The van der Waals surface area contributed by atoms with Crippen molar-refractivity contribution in [2.75, 3.05) is 31.2 Å². The summed E-state index contributed by atoms with van der Waals surface area (Å²) in [5.74, 6) is -0.116. The van der Waals surface area contributed by atoms with Gasteiger partial charge in [0, 0.05) is 18.1 Å². The standard InChI is InChI=1S/C26H29N7O2.C2H4O2/c1-3-16-4-6-17(7-5-16)26(34)31-20-9-8-18(14-21(20)35-2)23-22-24(27)29-15-30-25(22)33(32-23)19-10-12-28-13-11-19;1-2(3)4/h4-9,14-15,19,28H,3,10-13H2,1-2H3,(H,31,34)(H2,27,29,30);1H3,(H,3,4). The lowest BCUT2D eigenvalue weighted by molar-refractivity contribution is -0.134. The van der Waals surface area contributed by atoms with Gasteiger partial charge in [-0.2, -0.15) is 5.10 Å². The van der Waals surface area contributed by atoms with Gasteiger partial charge < -0.3 is 26.2 Å². The van der Waals surface area contributed by atoms with Crippen LogP contribution in [0.4, 0.5) is 11.5 Å². The monoisotopic (exact) mass is 531 g/mol. The number of benzene rings is 2. The number of nitrogens with zero attached hydrogens (tertiary/aromatic N) is 4. The number of anilines is 2. The van der Waals surface area contributed by atoms with Crippen LogP contribution in [0.2, 0.25) is 0 Å². The zero-order chi connectivity index (χ0) is 27.9. The lowest BCUT2D eigenvalue weighted by Gasteiger charge is -2.23. The Morgan fingerprint density at radius 1 is 1.15 bits per heavy atom. The van der Waals surface area contributed by atoms with Crippen LogP contribution >= 0.6 is 0 Å². The first-order valence-corrected chi connectivity index (χ1v) is 12.8. The maximum absolute atomic E-state index is 12.8. The average molecular weight is 532 g/mol. The molecular weight excluding hydrogens is 498 g/mol. The van der Waals surface area contributed by atoms with E-state index >= 15 is 0 Å². The van der Waals surface area contributed by atoms with Crippen LogP contribution in [0.15, 0.2) is 48.8 Å². The average Bonchev–Trinajstić information content (AvgIpc) is 3.34. The maximum Gasteiger partial charge on any atom is 0.300 e. The highest BCUT2D eigenvalue weighted by molar-refractivity contribution is 6.05. The van der Waals surface area contributed by atoms with Crippen LogP contribution in [0.1, 0.15) is 48.7 Å². The van der Waals surface area contributed by atoms with Crippen LogP contribution in [0.5, 0.6) is 5.75 Å². The van der Waals surface area contributed by atoms with E-state index in [0.717, 1.165) is 55.9 Å². The van der Waals surface area contributed by atoms with Crippen molar-refractivity contribution in [3.05, 3.63) is 59.9 Å². The van der Waals surface area contributed by atoms with Crippen LogP contribution < -0.4 is 21.1 Å². The number of carboxylic acids is 1. The lowest BCUT2D eigenvalue weighted by atomic mass is 10.1. The number of nitrogens with one attached hydrogen (secondary N) is 2. The number of piperidine rings is 1. The number of hydrogen-bond donors (Lipinski definition) is 4. The van der Waals surface area contributed by atoms with Gasteiger partial charge in [-0.3, -0.25) is 9.59 Å². The van der Waals surface area contributed by atoms with Gasteiger partial charge in [0.2, 0.25) is 0 Å². The number of hydrogen-bond acceptors (Lipinski definition) is 8. The normalized spacial score (nSPS) is 13.4. The van der Waals surface area contributed by atoms with Crippen LogP contribution in [-0.4, -0.2) is 56.9 Å². The zero-order valence-electron chi connectivity index (χ0n) is 22.3. The predicted molar refractivity (Wildman–Crippen MR) is 150 cm³/mol. The molecule has 0 saturated carbocycles. The second-order valence-electron chi connectivity index (χ2n) is 9.17. The molecule has 39 heavy (non-hydrogen) atoms. The third-order valence-corrected chi connectivity index (χ3v) is 6.52. The second kappa shape index (κ2) is 12.4. The third-order valence-electron chi connectivity index (χ3n) is 6.52. The molecule has 0 radical (unpaired) electrons. The highest BCUT2D eigenvalue weighted by atomic mass is 16.5. The number of amides is 1.